The van der Waals surface area contributed by atoms with Crippen molar-refractivity contribution in [1.82, 2.24) is 0 Å². The summed E-state index contributed by atoms with van der Waals surface area (Å²) in [5.74, 6) is -2.56. The Bertz CT molecular complexity index is 168. The van der Waals surface area contributed by atoms with Crippen molar-refractivity contribution in [2.24, 2.45) is 0 Å². The van der Waals surface area contributed by atoms with E-state index < -0.39 is 19.0 Å². The maximum Gasteiger partial charge on any atom is 0.175 e. The molecule has 0 saturated carbocycles. The van der Waals surface area contributed by atoms with E-state index in [1.807, 2.05) is 0 Å². The average molecular weight is 234 g/mol. The summed E-state index contributed by atoms with van der Waals surface area (Å²) in [6.07, 6.45) is 5.82. The molecule has 0 heterocycles. The predicted octanol–water partition coefficient (Wildman–Crippen LogP) is 1.41. The molecule has 0 aromatic rings. The molecule has 15 heavy (non-hydrogen) atoms. The SMILES string of the molecule is CC(=O)C(=O)[O-].CC[P+](CC)(CC)CC. The molecule has 0 bridgehead atoms. The van der Waals surface area contributed by atoms with Gasteiger partial charge in [0.1, 0.15) is 5.97 Å². The lowest BCUT2D eigenvalue weighted by molar-refractivity contribution is -0.299. The number of hydrogen-bond acceptors (Lipinski definition) is 3. The number of carbonyl (C=O) groups excluding carboxylic acids is 2. The Labute approximate surface area is 93.6 Å². The number of aliphatic carboxylic acids is 1. The van der Waals surface area contributed by atoms with Crippen LogP contribution < -0.4 is 5.11 Å². The molecule has 3 nitrogen and oxygen atoms in total. The zero-order valence-corrected chi connectivity index (χ0v) is 11.4. The van der Waals surface area contributed by atoms with Crippen LogP contribution in [-0.4, -0.2) is 36.4 Å². The normalized spacial score (nSPS) is 10.2. The minimum absolute atomic E-state index is 0.420. The van der Waals surface area contributed by atoms with Crippen molar-refractivity contribution in [2.75, 3.05) is 24.6 Å². The van der Waals surface area contributed by atoms with E-state index in [0.29, 0.717) is 0 Å². The Balaban J connectivity index is 0. The molecule has 4 heteroatoms. The van der Waals surface area contributed by atoms with E-state index in [1.54, 1.807) is 0 Å². The minimum Gasteiger partial charge on any atom is -0.542 e. The van der Waals surface area contributed by atoms with Gasteiger partial charge in [-0.05, 0) is 27.7 Å². The van der Waals surface area contributed by atoms with Gasteiger partial charge < -0.3 is 9.90 Å². The van der Waals surface area contributed by atoms with Gasteiger partial charge in [0.05, 0.1) is 24.6 Å². The van der Waals surface area contributed by atoms with Crippen LogP contribution in [0.4, 0.5) is 0 Å². The lowest BCUT2D eigenvalue weighted by Gasteiger charge is -2.20. The lowest BCUT2D eigenvalue weighted by atomic mass is 10.5. The fraction of sp³-hybridized carbons (Fsp3) is 0.818. The third-order valence-corrected chi connectivity index (χ3v) is 8.34. The molecule has 0 aliphatic heterocycles. The first-order valence-corrected chi connectivity index (χ1v) is 7.99. The fourth-order valence-electron chi connectivity index (χ4n) is 1.34. The summed E-state index contributed by atoms with van der Waals surface area (Å²) in [6, 6.07) is 0. The fourth-order valence-corrected chi connectivity index (χ4v) is 4.02. The van der Waals surface area contributed by atoms with E-state index in [1.165, 1.54) is 24.6 Å². The molecule has 0 spiro atoms. The van der Waals surface area contributed by atoms with E-state index in [-0.39, 0.29) is 0 Å². The number of ketones is 1. The number of carbonyl (C=O) groups is 2. The lowest BCUT2D eigenvalue weighted by Crippen LogP contribution is -2.29. The average Bonchev–Trinajstić information content (AvgIpc) is 2.23. The van der Waals surface area contributed by atoms with Crippen LogP contribution in [0.1, 0.15) is 34.6 Å². The number of carboxylic acids is 1. The Morgan fingerprint density at radius 1 is 0.933 bits per heavy atom. The quantitative estimate of drug-likeness (QED) is 0.534. The van der Waals surface area contributed by atoms with E-state index in [2.05, 4.69) is 27.7 Å². The van der Waals surface area contributed by atoms with Crippen LogP contribution in [-0.2, 0) is 9.59 Å². The molecule has 0 atom stereocenters. The van der Waals surface area contributed by atoms with Gasteiger partial charge >= 0.3 is 0 Å². The molecule has 90 valence electrons. The second-order valence-corrected chi connectivity index (χ2v) is 8.66. The van der Waals surface area contributed by atoms with E-state index in [9.17, 15) is 14.7 Å². The molecular weight excluding hydrogens is 211 g/mol. The summed E-state index contributed by atoms with van der Waals surface area (Å²) in [5, 5.41) is 9.24. The molecule has 0 amide bonds. The van der Waals surface area contributed by atoms with Gasteiger partial charge in [0.2, 0.25) is 0 Å². The largest absolute Gasteiger partial charge is 0.542 e. The van der Waals surface area contributed by atoms with Crippen molar-refractivity contribution in [1.29, 1.82) is 0 Å². The highest BCUT2D eigenvalue weighted by atomic mass is 31.2. The molecule has 0 aromatic carbocycles. The maximum atomic E-state index is 9.48. The maximum absolute atomic E-state index is 9.48. The van der Waals surface area contributed by atoms with Crippen molar-refractivity contribution < 1.29 is 14.7 Å². The topological polar surface area (TPSA) is 57.2 Å². The molecule has 0 fully saturated rings. The van der Waals surface area contributed by atoms with Crippen LogP contribution in [0.2, 0.25) is 0 Å². The molecular formula is C11H23O3P. The Morgan fingerprint density at radius 3 is 1.13 bits per heavy atom. The summed E-state index contributed by atoms with van der Waals surface area (Å²) in [5.41, 5.74) is 0. The molecule has 0 rings (SSSR count). The third kappa shape index (κ3) is 7.49. The summed E-state index contributed by atoms with van der Waals surface area (Å²) >= 11 is 0. The Morgan fingerprint density at radius 2 is 1.13 bits per heavy atom. The molecule has 0 aliphatic rings. The first-order chi connectivity index (χ1) is 6.89. The second-order valence-electron chi connectivity index (χ2n) is 3.45. The minimum atomic E-state index is -1.63. The van der Waals surface area contributed by atoms with Gasteiger partial charge in [0.25, 0.3) is 0 Å². The first-order valence-electron chi connectivity index (χ1n) is 5.46. The van der Waals surface area contributed by atoms with Crippen molar-refractivity contribution in [3.8, 4) is 0 Å². The standard InChI is InChI=1S/C8H20P.C3H4O3/c1-5-9(6-2,7-3)8-4;1-2(4)3(5)6/h5-8H2,1-4H3;1H3,(H,5,6)/q+1;/p-1. The van der Waals surface area contributed by atoms with Gasteiger partial charge in [-0.15, -0.1) is 0 Å². The highest BCUT2D eigenvalue weighted by Gasteiger charge is 2.27. The first kappa shape index (κ1) is 17.0. The Hall–Kier alpha value is -0.430. The zero-order valence-electron chi connectivity index (χ0n) is 10.5. The molecule has 0 radical (unpaired) electrons. The van der Waals surface area contributed by atoms with E-state index >= 15 is 0 Å². The van der Waals surface area contributed by atoms with Crippen LogP contribution in [0.25, 0.3) is 0 Å². The number of carboxylic acid groups (broad SMARTS) is 1. The van der Waals surface area contributed by atoms with Gasteiger partial charge in [-0.2, -0.15) is 0 Å². The summed E-state index contributed by atoms with van der Waals surface area (Å²) in [6.45, 7) is 10.3. The Kier molecular flexibility index (Phi) is 10.0. The van der Waals surface area contributed by atoms with Crippen molar-refractivity contribution >= 4 is 19.0 Å². The highest BCUT2D eigenvalue weighted by Crippen LogP contribution is 2.57. The van der Waals surface area contributed by atoms with Crippen LogP contribution in [0.3, 0.4) is 0 Å². The number of Topliss-reactive ketones (excluding diaryl/α,β-unsaturated/α-hetero) is 1. The monoisotopic (exact) mass is 234 g/mol. The van der Waals surface area contributed by atoms with Gasteiger partial charge in [0.15, 0.2) is 5.78 Å². The van der Waals surface area contributed by atoms with Crippen molar-refractivity contribution in [3.05, 3.63) is 0 Å². The van der Waals surface area contributed by atoms with E-state index in [4.69, 9.17) is 0 Å². The van der Waals surface area contributed by atoms with Crippen molar-refractivity contribution in [2.45, 2.75) is 34.6 Å². The predicted molar refractivity (Wildman–Crippen MR) is 64.8 cm³/mol. The van der Waals surface area contributed by atoms with Gasteiger partial charge in [-0.1, -0.05) is 0 Å². The molecule has 0 aliphatic carbocycles. The van der Waals surface area contributed by atoms with Gasteiger partial charge in [-0.25, -0.2) is 0 Å². The zero-order chi connectivity index (χ0) is 12.5. The number of hydrogen-bond donors (Lipinski definition) is 0. The van der Waals surface area contributed by atoms with E-state index in [0.717, 1.165) is 6.92 Å². The van der Waals surface area contributed by atoms with Crippen LogP contribution >= 0.6 is 7.26 Å². The summed E-state index contributed by atoms with van der Waals surface area (Å²) in [7, 11) is -0.420. The molecule has 0 N–H and O–H groups in total. The van der Waals surface area contributed by atoms with Crippen molar-refractivity contribution in [3.63, 3.8) is 0 Å². The second kappa shape index (κ2) is 8.84. The summed E-state index contributed by atoms with van der Waals surface area (Å²) < 4.78 is 0. The van der Waals surface area contributed by atoms with Crippen LogP contribution in [0.5, 0.6) is 0 Å². The molecule has 0 aromatic heterocycles. The summed E-state index contributed by atoms with van der Waals surface area (Å²) in [4.78, 5) is 18.7. The smallest absolute Gasteiger partial charge is 0.175 e. The van der Waals surface area contributed by atoms with Gasteiger partial charge in [-0.3, -0.25) is 4.79 Å². The molecule has 0 saturated heterocycles. The highest BCUT2D eigenvalue weighted by molar-refractivity contribution is 7.75. The number of rotatable bonds is 5. The molecule has 0 unspecified atom stereocenters. The van der Waals surface area contributed by atoms with Crippen LogP contribution in [0.15, 0.2) is 0 Å². The third-order valence-electron chi connectivity index (χ3n) is 2.97. The van der Waals surface area contributed by atoms with Crippen LogP contribution in [0, 0.1) is 0 Å². The van der Waals surface area contributed by atoms with Gasteiger partial charge in [0, 0.05) is 14.2 Å².